The van der Waals surface area contributed by atoms with Crippen molar-refractivity contribution in [3.05, 3.63) is 119 Å². The molecule has 0 aliphatic heterocycles. The molecule has 2 amide bonds. The fraction of sp³-hybridized carbons (Fsp3) is 0.0909. The summed E-state index contributed by atoms with van der Waals surface area (Å²) in [6, 6.07) is 26.1. The van der Waals surface area contributed by atoms with Gasteiger partial charge in [-0.25, -0.2) is 20.4 Å². The van der Waals surface area contributed by atoms with Crippen LogP contribution in [0.5, 0.6) is 23.0 Å². The second-order valence-corrected chi connectivity index (χ2v) is 9.07. The van der Waals surface area contributed by atoms with Gasteiger partial charge in [-0.3, -0.25) is 9.59 Å². The summed E-state index contributed by atoms with van der Waals surface area (Å²) in [6.45, 7) is 0. The van der Waals surface area contributed by atoms with Crippen LogP contribution in [0.15, 0.2) is 107 Å². The number of hydrogen-bond donors (Lipinski definition) is 2. The highest BCUT2D eigenvalue weighted by molar-refractivity contribution is 5.98. The van der Waals surface area contributed by atoms with Crippen molar-refractivity contribution in [1.82, 2.24) is 10.9 Å². The van der Waals surface area contributed by atoms with Gasteiger partial charge < -0.3 is 18.9 Å². The van der Waals surface area contributed by atoms with Gasteiger partial charge in [0.2, 0.25) is 11.8 Å². The summed E-state index contributed by atoms with van der Waals surface area (Å²) in [5, 5.41) is 7.71. The topological polar surface area (TPSA) is 154 Å². The normalized spacial score (nSPS) is 10.7. The molecule has 0 aliphatic carbocycles. The molecule has 4 aromatic rings. The number of rotatable bonds is 12. The van der Waals surface area contributed by atoms with Crippen molar-refractivity contribution in [2.75, 3.05) is 14.2 Å². The highest BCUT2D eigenvalue weighted by atomic mass is 16.5. The van der Waals surface area contributed by atoms with Crippen molar-refractivity contribution in [2.24, 2.45) is 10.2 Å². The molecule has 12 heteroatoms. The van der Waals surface area contributed by atoms with E-state index in [2.05, 4.69) is 21.1 Å². The molecule has 4 aromatic carbocycles. The van der Waals surface area contributed by atoms with Crippen molar-refractivity contribution >= 4 is 36.2 Å². The number of nitrogens with zero attached hydrogens (tertiary/aromatic N) is 2. The third-order valence-corrected chi connectivity index (χ3v) is 6.00. The monoisotopic (exact) mass is 608 g/mol. The van der Waals surface area contributed by atoms with Crippen molar-refractivity contribution in [3.63, 3.8) is 0 Å². The van der Waals surface area contributed by atoms with Crippen molar-refractivity contribution < 1.29 is 38.1 Å². The van der Waals surface area contributed by atoms with Crippen molar-refractivity contribution in [1.29, 1.82) is 0 Å². The summed E-state index contributed by atoms with van der Waals surface area (Å²) in [4.78, 5) is 49.5. The second-order valence-electron chi connectivity index (χ2n) is 9.07. The van der Waals surface area contributed by atoms with Gasteiger partial charge in [-0.1, -0.05) is 24.3 Å². The van der Waals surface area contributed by atoms with Crippen molar-refractivity contribution in [3.8, 4) is 23.0 Å². The zero-order chi connectivity index (χ0) is 32.0. The molecule has 45 heavy (non-hydrogen) atoms. The Morgan fingerprint density at radius 3 is 1.33 bits per heavy atom. The van der Waals surface area contributed by atoms with Gasteiger partial charge in [0.1, 0.15) is 29.4 Å². The number of nitrogens with one attached hydrogen (secondary N) is 2. The maximum atomic E-state index is 12.5. The van der Waals surface area contributed by atoms with Gasteiger partial charge in [0.15, 0.2) is 0 Å². The molecule has 0 heterocycles. The van der Waals surface area contributed by atoms with Gasteiger partial charge in [-0.05, 0) is 72.8 Å². The Morgan fingerprint density at radius 2 is 0.956 bits per heavy atom. The van der Waals surface area contributed by atoms with Gasteiger partial charge in [0.05, 0.1) is 37.8 Å². The molecule has 0 fully saturated rings. The van der Waals surface area contributed by atoms with E-state index in [0.717, 1.165) is 0 Å². The fourth-order valence-corrected chi connectivity index (χ4v) is 3.70. The molecular weight excluding hydrogens is 580 g/mol. The number of amides is 2. The molecule has 0 aliphatic rings. The van der Waals surface area contributed by atoms with Gasteiger partial charge in [0.25, 0.3) is 0 Å². The Kier molecular flexibility index (Phi) is 11.1. The van der Waals surface area contributed by atoms with Gasteiger partial charge >= 0.3 is 11.9 Å². The van der Waals surface area contributed by atoms with Crippen LogP contribution in [-0.4, -0.2) is 50.4 Å². The standard InChI is InChI=1S/C33H28N4O8/c1-42-26-15-11-22(12-16-26)32(40)44-28-9-5-3-7-24(28)20-34-36-30(38)19-31(39)37-35-21-25-8-4-6-10-29(25)45-33(41)23-13-17-27(43-2)18-14-23/h3-18,20-21H,19H2,1-2H3,(H,36,38)(H,37,39). The lowest BCUT2D eigenvalue weighted by molar-refractivity contribution is -0.129. The molecule has 0 unspecified atom stereocenters. The Balaban J connectivity index is 1.27. The Morgan fingerprint density at radius 1 is 0.578 bits per heavy atom. The number of carbonyl (C=O) groups is 4. The number of hydrazone groups is 2. The molecule has 0 saturated heterocycles. The molecule has 0 radical (unpaired) electrons. The highest BCUT2D eigenvalue weighted by Gasteiger charge is 2.13. The van der Waals surface area contributed by atoms with Crippen LogP contribution >= 0.6 is 0 Å². The Hall–Kier alpha value is -6.30. The second kappa shape index (κ2) is 15.8. The van der Waals surface area contributed by atoms with E-state index < -0.39 is 30.2 Å². The molecule has 0 bridgehead atoms. The van der Waals surface area contributed by atoms with Gasteiger partial charge in [-0.2, -0.15) is 10.2 Å². The minimum atomic E-state index is -0.708. The van der Waals surface area contributed by atoms with Crippen LogP contribution in [0.3, 0.4) is 0 Å². The van der Waals surface area contributed by atoms with Crippen LogP contribution in [0.1, 0.15) is 38.3 Å². The first-order chi connectivity index (χ1) is 21.9. The third-order valence-electron chi connectivity index (χ3n) is 6.00. The zero-order valence-corrected chi connectivity index (χ0v) is 24.3. The molecule has 0 aromatic heterocycles. The van der Waals surface area contributed by atoms with Crippen LogP contribution in [0.4, 0.5) is 0 Å². The van der Waals surface area contributed by atoms with Crippen LogP contribution in [0, 0.1) is 0 Å². The van der Waals surface area contributed by atoms with Crippen LogP contribution in [-0.2, 0) is 9.59 Å². The summed E-state index contributed by atoms with van der Waals surface area (Å²) in [5.41, 5.74) is 5.97. The number of para-hydroxylation sites is 2. The highest BCUT2D eigenvalue weighted by Crippen LogP contribution is 2.20. The molecule has 4 rings (SSSR count). The van der Waals surface area contributed by atoms with Crippen molar-refractivity contribution in [2.45, 2.75) is 6.42 Å². The van der Waals surface area contributed by atoms with E-state index >= 15 is 0 Å². The number of benzene rings is 4. The lowest BCUT2D eigenvalue weighted by Gasteiger charge is -2.08. The van der Waals surface area contributed by atoms with Gasteiger partial charge in [-0.15, -0.1) is 0 Å². The Bertz CT molecular complexity index is 1590. The molecule has 0 spiro atoms. The average molecular weight is 609 g/mol. The SMILES string of the molecule is COc1ccc(C(=O)Oc2ccccc2C=NNC(=O)CC(=O)NN=Cc2ccccc2OC(=O)c2ccc(OC)cc2)cc1. The predicted octanol–water partition coefficient (Wildman–Crippen LogP) is 4.13. The number of esters is 2. The quantitative estimate of drug-likeness (QED) is 0.0800. The lowest BCUT2D eigenvalue weighted by atomic mass is 10.2. The van der Waals surface area contributed by atoms with E-state index in [1.165, 1.54) is 26.6 Å². The van der Waals surface area contributed by atoms with E-state index in [-0.39, 0.29) is 11.5 Å². The maximum absolute atomic E-state index is 12.5. The largest absolute Gasteiger partial charge is 0.497 e. The van der Waals surface area contributed by atoms with Crippen LogP contribution < -0.4 is 29.8 Å². The molecule has 2 N–H and O–H groups in total. The summed E-state index contributed by atoms with van der Waals surface area (Å²) >= 11 is 0. The smallest absolute Gasteiger partial charge is 0.343 e. The van der Waals surface area contributed by atoms with E-state index in [0.29, 0.717) is 33.8 Å². The first-order valence-electron chi connectivity index (χ1n) is 13.4. The Labute approximate surface area is 258 Å². The fourth-order valence-electron chi connectivity index (χ4n) is 3.70. The molecule has 12 nitrogen and oxygen atoms in total. The lowest BCUT2D eigenvalue weighted by Crippen LogP contribution is -2.27. The molecular formula is C33H28N4O8. The van der Waals surface area contributed by atoms with Crippen LogP contribution in [0.2, 0.25) is 0 Å². The average Bonchev–Trinajstić information content (AvgIpc) is 3.06. The summed E-state index contributed by atoms with van der Waals surface area (Å²) in [6.07, 6.45) is 2.00. The van der Waals surface area contributed by atoms with Crippen LogP contribution in [0.25, 0.3) is 0 Å². The summed E-state index contributed by atoms with van der Waals surface area (Å²) < 4.78 is 21.1. The first-order valence-corrected chi connectivity index (χ1v) is 13.4. The minimum absolute atomic E-state index is 0.221. The number of carbonyl (C=O) groups excluding carboxylic acids is 4. The molecule has 228 valence electrons. The van der Waals surface area contributed by atoms with E-state index in [1.807, 2.05) is 0 Å². The van der Waals surface area contributed by atoms with Gasteiger partial charge in [0, 0.05) is 11.1 Å². The molecule has 0 saturated carbocycles. The third kappa shape index (κ3) is 9.35. The number of methoxy groups -OCH3 is 2. The maximum Gasteiger partial charge on any atom is 0.343 e. The zero-order valence-electron chi connectivity index (χ0n) is 24.3. The summed E-state index contributed by atoms with van der Waals surface area (Å²) in [7, 11) is 3.05. The first kappa shape index (κ1) is 31.6. The van der Waals surface area contributed by atoms with E-state index in [9.17, 15) is 19.2 Å². The number of ether oxygens (including phenoxy) is 4. The van der Waals surface area contributed by atoms with E-state index in [1.54, 1.807) is 97.1 Å². The minimum Gasteiger partial charge on any atom is -0.497 e. The predicted molar refractivity (Wildman–Crippen MR) is 165 cm³/mol. The van der Waals surface area contributed by atoms with E-state index in [4.69, 9.17) is 18.9 Å². The summed E-state index contributed by atoms with van der Waals surface area (Å²) in [5.74, 6) is -0.942. The molecule has 0 atom stereocenters. The number of hydrogen-bond acceptors (Lipinski definition) is 10.